The summed E-state index contributed by atoms with van der Waals surface area (Å²) in [5.74, 6) is 0.106. The number of hydrogen-bond donors (Lipinski definition) is 0. The van der Waals surface area contributed by atoms with Crippen LogP contribution in [-0.2, 0) is 9.53 Å². The van der Waals surface area contributed by atoms with Crippen LogP contribution < -0.4 is 0 Å². The van der Waals surface area contributed by atoms with Crippen LogP contribution in [0.25, 0.3) is 0 Å². The fourth-order valence-electron chi connectivity index (χ4n) is 2.13. The highest BCUT2D eigenvalue weighted by atomic mass is 16.5. The summed E-state index contributed by atoms with van der Waals surface area (Å²) in [6.07, 6.45) is 7.38. The minimum absolute atomic E-state index is 0.126. The number of rotatable bonds is 10. The molecule has 0 spiro atoms. The predicted octanol–water partition coefficient (Wildman–Crippen LogP) is 4.16. The number of benzene rings is 1. The van der Waals surface area contributed by atoms with Crippen molar-refractivity contribution < 1.29 is 14.3 Å². The molecule has 0 atom stereocenters. The van der Waals surface area contributed by atoms with E-state index in [4.69, 9.17) is 0 Å². The highest BCUT2D eigenvalue weighted by Gasteiger charge is 2.04. The minimum atomic E-state index is -0.126. The maximum atomic E-state index is 11.8. The summed E-state index contributed by atoms with van der Waals surface area (Å²) in [7, 11) is 1.42. The molecule has 20 heavy (non-hydrogen) atoms. The normalized spacial score (nSPS) is 10.2. The largest absolute Gasteiger partial charge is 0.469 e. The van der Waals surface area contributed by atoms with E-state index in [-0.39, 0.29) is 11.8 Å². The van der Waals surface area contributed by atoms with Gasteiger partial charge >= 0.3 is 5.97 Å². The Kier molecular flexibility index (Phi) is 8.36. The molecule has 0 radical (unpaired) electrons. The summed E-state index contributed by atoms with van der Waals surface area (Å²) >= 11 is 0. The van der Waals surface area contributed by atoms with Crippen molar-refractivity contribution in [3.8, 4) is 0 Å². The van der Waals surface area contributed by atoms with Crippen molar-refractivity contribution in [3.63, 3.8) is 0 Å². The molecular formula is C17H24O3. The van der Waals surface area contributed by atoms with E-state index >= 15 is 0 Å². The molecule has 0 aromatic heterocycles. The summed E-state index contributed by atoms with van der Waals surface area (Å²) < 4.78 is 4.59. The van der Waals surface area contributed by atoms with Crippen LogP contribution in [0.3, 0.4) is 0 Å². The second kappa shape index (κ2) is 10.2. The topological polar surface area (TPSA) is 43.4 Å². The Hall–Kier alpha value is -1.64. The molecule has 0 amide bonds. The van der Waals surface area contributed by atoms with E-state index in [1.54, 1.807) is 0 Å². The SMILES string of the molecule is COC(=O)CCCCCCCCC(=O)c1ccccc1. The van der Waals surface area contributed by atoms with Crippen molar-refractivity contribution in [2.45, 2.75) is 51.4 Å². The van der Waals surface area contributed by atoms with Gasteiger partial charge in [-0.25, -0.2) is 0 Å². The number of methoxy groups -OCH3 is 1. The summed E-state index contributed by atoms with van der Waals surface area (Å²) in [4.78, 5) is 22.7. The van der Waals surface area contributed by atoms with Gasteiger partial charge in [0, 0.05) is 18.4 Å². The molecule has 1 aromatic rings. The summed E-state index contributed by atoms with van der Waals surface area (Å²) in [6, 6.07) is 9.46. The van der Waals surface area contributed by atoms with Gasteiger partial charge in [-0.3, -0.25) is 9.59 Å². The Balaban J connectivity index is 1.97. The van der Waals surface area contributed by atoms with Crippen molar-refractivity contribution in [2.75, 3.05) is 7.11 Å². The number of unbranched alkanes of at least 4 members (excludes halogenated alkanes) is 5. The lowest BCUT2D eigenvalue weighted by molar-refractivity contribution is -0.140. The number of Topliss-reactive ketones (excluding diaryl/α,β-unsaturated/α-hetero) is 1. The van der Waals surface area contributed by atoms with Crippen LogP contribution in [0.2, 0.25) is 0 Å². The molecule has 1 rings (SSSR count). The third-order valence-electron chi connectivity index (χ3n) is 3.36. The van der Waals surface area contributed by atoms with Crippen molar-refractivity contribution >= 4 is 11.8 Å². The third-order valence-corrected chi connectivity index (χ3v) is 3.36. The molecular weight excluding hydrogens is 252 g/mol. The molecule has 0 bridgehead atoms. The lowest BCUT2D eigenvalue weighted by Crippen LogP contribution is -1.99. The molecule has 0 saturated heterocycles. The molecule has 110 valence electrons. The van der Waals surface area contributed by atoms with E-state index in [1.165, 1.54) is 7.11 Å². The molecule has 0 N–H and O–H groups in total. The number of ketones is 1. The van der Waals surface area contributed by atoms with E-state index in [0.717, 1.165) is 44.1 Å². The lowest BCUT2D eigenvalue weighted by atomic mass is 10.0. The minimum Gasteiger partial charge on any atom is -0.469 e. The van der Waals surface area contributed by atoms with Gasteiger partial charge in [0.2, 0.25) is 0 Å². The maximum Gasteiger partial charge on any atom is 0.305 e. The second-order valence-electron chi connectivity index (χ2n) is 4.99. The number of carbonyl (C=O) groups is 2. The zero-order chi connectivity index (χ0) is 14.6. The van der Waals surface area contributed by atoms with Crippen LogP contribution in [-0.4, -0.2) is 18.9 Å². The van der Waals surface area contributed by atoms with E-state index in [0.29, 0.717) is 12.8 Å². The van der Waals surface area contributed by atoms with Crippen molar-refractivity contribution in [1.82, 2.24) is 0 Å². The molecule has 0 aliphatic rings. The molecule has 0 aliphatic carbocycles. The summed E-state index contributed by atoms with van der Waals surface area (Å²) in [5, 5.41) is 0. The van der Waals surface area contributed by atoms with Gasteiger partial charge in [0.1, 0.15) is 0 Å². The van der Waals surface area contributed by atoms with Gasteiger partial charge in [-0.2, -0.15) is 0 Å². The Bertz CT molecular complexity index is 398. The van der Waals surface area contributed by atoms with Crippen LogP contribution in [0, 0.1) is 0 Å². The van der Waals surface area contributed by atoms with E-state index in [2.05, 4.69) is 4.74 Å². The zero-order valence-electron chi connectivity index (χ0n) is 12.3. The fourth-order valence-corrected chi connectivity index (χ4v) is 2.13. The first-order valence-electron chi connectivity index (χ1n) is 7.39. The fraction of sp³-hybridized carbons (Fsp3) is 0.529. The van der Waals surface area contributed by atoms with E-state index in [9.17, 15) is 9.59 Å². The monoisotopic (exact) mass is 276 g/mol. The summed E-state index contributed by atoms with van der Waals surface area (Å²) in [5.41, 5.74) is 0.811. The van der Waals surface area contributed by atoms with Crippen LogP contribution >= 0.6 is 0 Å². The van der Waals surface area contributed by atoms with Gasteiger partial charge in [0.05, 0.1) is 7.11 Å². The van der Waals surface area contributed by atoms with Gasteiger partial charge in [0.25, 0.3) is 0 Å². The quantitative estimate of drug-likeness (QED) is 0.366. The predicted molar refractivity (Wildman–Crippen MR) is 79.7 cm³/mol. The van der Waals surface area contributed by atoms with Gasteiger partial charge in [-0.1, -0.05) is 56.0 Å². The van der Waals surface area contributed by atoms with Gasteiger partial charge < -0.3 is 4.74 Å². The molecule has 3 nitrogen and oxygen atoms in total. The maximum absolute atomic E-state index is 11.8. The molecule has 0 unspecified atom stereocenters. The molecule has 0 heterocycles. The number of hydrogen-bond acceptors (Lipinski definition) is 3. The molecule has 0 aliphatic heterocycles. The van der Waals surface area contributed by atoms with Crippen molar-refractivity contribution in [2.24, 2.45) is 0 Å². The molecule has 1 aromatic carbocycles. The molecule has 3 heteroatoms. The van der Waals surface area contributed by atoms with Gasteiger partial charge in [-0.15, -0.1) is 0 Å². The average molecular weight is 276 g/mol. The molecule has 0 saturated carbocycles. The first-order valence-corrected chi connectivity index (χ1v) is 7.39. The standard InChI is InChI=1S/C17H24O3/c1-20-17(19)14-10-5-3-2-4-9-13-16(18)15-11-7-6-8-12-15/h6-8,11-12H,2-5,9-10,13-14H2,1H3. The summed E-state index contributed by atoms with van der Waals surface area (Å²) in [6.45, 7) is 0. The van der Waals surface area contributed by atoms with Crippen molar-refractivity contribution in [3.05, 3.63) is 35.9 Å². The molecule has 0 fully saturated rings. The van der Waals surface area contributed by atoms with Crippen LogP contribution in [0.4, 0.5) is 0 Å². The van der Waals surface area contributed by atoms with Crippen LogP contribution in [0.15, 0.2) is 30.3 Å². The Morgan fingerprint density at radius 2 is 1.40 bits per heavy atom. The number of ether oxygens (including phenoxy) is 1. The lowest BCUT2D eigenvalue weighted by Gasteiger charge is -2.02. The van der Waals surface area contributed by atoms with Crippen LogP contribution in [0.5, 0.6) is 0 Å². The second-order valence-corrected chi connectivity index (χ2v) is 4.99. The number of carbonyl (C=O) groups excluding carboxylic acids is 2. The van der Waals surface area contributed by atoms with Gasteiger partial charge in [0.15, 0.2) is 5.78 Å². The Morgan fingerprint density at radius 1 is 0.850 bits per heavy atom. The van der Waals surface area contributed by atoms with Crippen LogP contribution in [0.1, 0.15) is 61.7 Å². The van der Waals surface area contributed by atoms with E-state index in [1.807, 2.05) is 30.3 Å². The average Bonchev–Trinajstić information content (AvgIpc) is 2.50. The first-order chi connectivity index (χ1) is 9.74. The van der Waals surface area contributed by atoms with E-state index < -0.39 is 0 Å². The zero-order valence-corrected chi connectivity index (χ0v) is 12.3. The first kappa shape index (κ1) is 16.4. The van der Waals surface area contributed by atoms with Gasteiger partial charge in [-0.05, 0) is 12.8 Å². The number of esters is 1. The van der Waals surface area contributed by atoms with Crippen molar-refractivity contribution in [1.29, 1.82) is 0 Å². The Labute approximate surface area is 121 Å². The smallest absolute Gasteiger partial charge is 0.305 e. The third kappa shape index (κ3) is 7.07. The highest BCUT2D eigenvalue weighted by Crippen LogP contribution is 2.11. The highest BCUT2D eigenvalue weighted by molar-refractivity contribution is 5.95. The Morgan fingerprint density at radius 3 is 2.00 bits per heavy atom.